The van der Waals surface area contributed by atoms with E-state index in [1.54, 1.807) is 12.1 Å². The van der Waals surface area contributed by atoms with Crippen LogP contribution in [0.4, 0.5) is 11.4 Å². The van der Waals surface area contributed by atoms with Gasteiger partial charge in [-0.3, -0.25) is 4.79 Å². The zero-order chi connectivity index (χ0) is 14.8. The maximum absolute atomic E-state index is 11.0. The van der Waals surface area contributed by atoms with Gasteiger partial charge in [-0.25, -0.2) is 4.98 Å². The zero-order valence-electron chi connectivity index (χ0n) is 11.3. The summed E-state index contributed by atoms with van der Waals surface area (Å²) in [5.74, 6) is -0.0908. The number of oxazole rings is 1. The van der Waals surface area contributed by atoms with E-state index >= 15 is 0 Å². The summed E-state index contributed by atoms with van der Waals surface area (Å²) in [7, 11) is 0. The van der Waals surface area contributed by atoms with Crippen molar-refractivity contribution in [3.8, 4) is 0 Å². The van der Waals surface area contributed by atoms with E-state index in [-0.39, 0.29) is 5.91 Å². The number of hydrogen-bond donors (Lipinski definition) is 2. The number of carbonyl (C=O) groups excluding carboxylic acids is 1. The number of nitrogens with zero attached hydrogens (tertiary/aromatic N) is 1. The van der Waals surface area contributed by atoms with E-state index in [1.807, 2.05) is 30.3 Å². The molecule has 106 valence electrons. The first kappa shape index (κ1) is 13.5. The summed E-state index contributed by atoms with van der Waals surface area (Å²) < 4.78 is 5.65. The summed E-state index contributed by atoms with van der Waals surface area (Å²) in [6.07, 6.45) is 0. The highest BCUT2D eigenvalue weighted by atomic mass is 32.2. The molecular formula is C15H13N3O2S. The molecule has 0 aliphatic heterocycles. The quantitative estimate of drug-likeness (QED) is 0.723. The molecule has 0 saturated carbocycles. The molecule has 3 rings (SSSR count). The smallest absolute Gasteiger partial charge is 0.261 e. The Labute approximate surface area is 125 Å². The largest absolute Gasteiger partial charge is 0.431 e. The molecule has 0 fully saturated rings. The highest BCUT2D eigenvalue weighted by molar-refractivity contribution is 7.99. The van der Waals surface area contributed by atoms with Crippen molar-refractivity contribution < 1.29 is 9.21 Å². The average molecular weight is 299 g/mol. The molecule has 5 nitrogen and oxygen atoms in total. The summed E-state index contributed by atoms with van der Waals surface area (Å²) in [4.78, 5) is 16.3. The summed E-state index contributed by atoms with van der Waals surface area (Å²) in [5.41, 5.74) is 8.59. The minimum atomic E-state index is -0.0908. The van der Waals surface area contributed by atoms with Gasteiger partial charge in [0.15, 0.2) is 5.58 Å². The molecule has 1 amide bonds. The Balaban J connectivity index is 1.79. The Morgan fingerprint density at radius 2 is 2.00 bits per heavy atom. The van der Waals surface area contributed by atoms with Crippen LogP contribution in [-0.2, 0) is 4.79 Å². The Bertz CT molecular complexity index is 796. The fourth-order valence-corrected chi connectivity index (χ4v) is 2.63. The van der Waals surface area contributed by atoms with Crippen LogP contribution in [-0.4, -0.2) is 10.9 Å². The second kappa shape index (κ2) is 5.49. The number of hydrogen-bond acceptors (Lipinski definition) is 5. The molecule has 0 unspecified atom stereocenters. The zero-order valence-corrected chi connectivity index (χ0v) is 12.1. The number of amides is 1. The molecule has 0 radical (unpaired) electrons. The number of nitrogen functional groups attached to an aromatic ring is 1. The predicted molar refractivity (Wildman–Crippen MR) is 83.3 cm³/mol. The monoisotopic (exact) mass is 299 g/mol. The normalized spacial score (nSPS) is 10.7. The van der Waals surface area contributed by atoms with Crippen LogP contribution in [0.3, 0.4) is 0 Å². The molecule has 1 heterocycles. The molecule has 21 heavy (non-hydrogen) atoms. The van der Waals surface area contributed by atoms with Gasteiger partial charge in [-0.2, -0.15) is 0 Å². The number of fused-ring (bicyclic) bond motifs is 1. The third-order valence-corrected chi connectivity index (χ3v) is 3.63. The molecule has 0 atom stereocenters. The van der Waals surface area contributed by atoms with Crippen LogP contribution in [0.15, 0.2) is 57.0 Å². The maximum Gasteiger partial charge on any atom is 0.261 e. The van der Waals surface area contributed by atoms with E-state index in [0.717, 1.165) is 16.1 Å². The van der Waals surface area contributed by atoms with Crippen LogP contribution in [0.1, 0.15) is 6.92 Å². The van der Waals surface area contributed by atoms with Crippen molar-refractivity contribution in [2.24, 2.45) is 0 Å². The SMILES string of the molecule is CC(=O)Nc1ccc(Sc2nc3cc(N)ccc3o2)cc1. The topological polar surface area (TPSA) is 81.2 Å². The third kappa shape index (κ3) is 3.17. The minimum absolute atomic E-state index is 0.0908. The fraction of sp³-hybridized carbons (Fsp3) is 0.0667. The molecule has 1 aromatic heterocycles. The standard InChI is InChI=1S/C15H13N3O2S/c1-9(19)17-11-3-5-12(6-4-11)21-15-18-13-8-10(16)2-7-14(13)20-15/h2-8H,16H2,1H3,(H,17,19). The molecule has 0 aliphatic carbocycles. The van der Waals surface area contributed by atoms with E-state index in [4.69, 9.17) is 10.2 Å². The summed E-state index contributed by atoms with van der Waals surface area (Å²) in [6, 6.07) is 12.8. The van der Waals surface area contributed by atoms with Gasteiger partial charge < -0.3 is 15.5 Å². The molecule has 3 N–H and O–H groups in total. The van der Waals surface area contributed by atoms with Crippen molar-refractivity contribution in [3.05, 3.63) is 42.5 Å². The Morgan fingerprint density at radius 3 is 2.71 bits per heavy atom. The molecular weight excluding hydrogens is 286 g/mol. The maximum atomic E-state index is 11.0. The number of rotatable bonds is 3. The van der Waals surface area contributed by atoms with Crippen molar-refractivity contribution in [2.45, 2.75) is 17.0 Å². The van der Waals surface area contributed by atoms with Crippen LogP contribution < -0.4 is 11.1 Å². The van der Waals surface area contributed by atoms with E-state index in [1.165, 1.54) is 18.7 Å². The van der Waals surface area contributed by atoms with Gasteiger partial charge in [-0.1, -0.05) is 0 Å². The van der Waals surface area contributed by atoms with Crippen molar-refractivity contribution in [1.29, 1.82) is 0 Å². The second-order valence-corrected chi connectivity index (χ2v) is 5.54. The number of benzene rings is 2. The van der Waals surface area contributed by atoms with Crippen molar-refractivity contribution in [3.63, 3.8) is 0 Å². The van der Waals surface area contributed by atoms with Gasteiger partial charge in [-0.15, -0.1) is 0 Å². The highest BCUT2D eigenvalue weighted by Crippen LogP contribution is 2.31. The van der Waals surface area contributed by atoms with Crippen LogP contribution in [0.25, 0.3) is 11.1 Å². The number of aromatic nitrogens is 1. The van der Waals surface area contributed by atoms with E-state index < -0.39 is 0 Å². The van der Waals surface area contributed by atoms with Gasteiger partial charge in [0.05, 0.1) is 0 Å². The Kier molecular flexibility index (Phi) is 3.53. The lowest BCUT2D eigenvalue weighted by Gasteiger charge is -2.02. The number of nitrogens with two attached hydrogens (primary N) is 1. The molecule has 0 saturated heterocycles. The van der Waals surface area contributed by atoms with Gasteiger partial charge in [0, 0.05) is 23.2 Å². The lowest BCUT2D eigenvalue weighted by Crippen LogP contribution is -2.05. The molecule has 2 aromatic carbocycles. The van der Waals surface area contributed by atoms with E-state index in [2.05, 4.69) is 10.3 Å². The van der Waals surface area contributed by atoms with Gasteiger partial charge in [0.1, 0.15) is 5.52 Å². The number of anilines is 2. The Morgan fingerprint density at radius 1 is 1.24 bits per heavy atom. The molecule has 0 spiro atoms. The van der Waals surface area contributed by atoms with Gasteiger partial charge in [0.25, 0.3) is 5.22 Å². The van der Waals surface area contributed by atoms with Crippen molar-refractivity contribution >= 4 is 40.1 Å². The molecule has 6 heteroatoms. The first-order chi connectivity index (χ1) is 10.1. The van der Waals surface area contributed by atoms with Crippen LogP contribution in [0, 0.1) is 0 Å². The van der Waals surface area contributed by atoms with Crippen LogP contribution in [0.5, 0.6) is 0 Å². The molecule has 0 aliphatic rings. The average Bonchev–Trinajstić information content (AvgIpc) is 2.82. The predicted octanol–water partition coefficient (Wildman–Crippen LogP) is 3.52. The summed E-state index contributed by atoms with van der Waals surface area (Å²) in [5, 5.41) is 3.28. The summed E-state index contributed by atoms with van der Waals surface area (Å²) in [6.45, 7) is 1.48. The Hall–Kier alpha value is -2.47. The first-order valence-corrected chi connectivity index (χ1v) is 7.13. The van der Waals surface area contributed by atoms with Crippen LogP contribution >= 0.6 is 11.8 Å². The lowest BCUT2D eigenvalue weighted by atomic mass is 10.3. The highest BCUT2D eigenvalue weighted by Gasteiger charge is 2.08. The molecule has 0 bridgehead atoms. The third-order valence-electron chi connectivity index (χ3n) is 2.77. The van der Waals surface area contributed by atoms with E-state index in [9.17, 15) is 4.79 Å². The minimum Gasteiger partial charge on any atom is -0.431 e. The van der Waals surface area contributed by atoms with Crippen molar-refractivity contribution in [1.82, 2.24) is 4.98 Å². The number of carbonyl (C=O) groups is 1. The molecule has 3 aromatic rings. The van der Waals surface area contributed by atoms with Gasteiger partial charge >= 0.3 is 0 Å². The number of nitrogens with one attached hydrogen (secondary N) is 1. The fourth-order valence-electron chi connectivity index (χ4n) is 1.88. The van der Waals surface area contributed by atoms with Crippen LogP contribution in [0.2, 0.25) is 0 Å². The first-order valence-electron chi connectivity index (χ1n) is 6.32. The second-order valence-electron chi connectivity index (χ2n) is 4.51. The van der Waals surface area contributed by atoms with Crippen molar-refractivity contribution in [2.75, 3.05) is 11.1 Å². The van der Waals surface area contributed by atoms with Gasteiger partial charge in [0.2, 0.25) is 5.91 Å². The lowest BCUT2D eigenvalue weighted by molar-refractivity contribution is -0.114. The van der Waals surface area contributed by atoms with Gasteiger partial charge in [-0.05, 0) is 54.2 Å². The van der Waals surface area contributed by atoms with E-state index in [0.29, 0.717) is 16.5 Å². The summed E-state index contributed by atoms with van der Waals surface area (Å²) >= 11 is 1.42.